The molecule has 0 saturated carbocycles. The van der Waals surface area contributed by atoms with E-state index in [1.54, 1.807) is 24.3 Å². The van der Waals surface area contributed by atoms with Crippen molar-refractivity contribution in [2.24, 2.45) is 0 Å². The number of fused-ring (bicyclic) bond motifs is 1. The summed E-state index contributed by atoms with van der Waals surface area (Å²) in [6.07, 6.45) is 0.126. The van der Waals surface area contributed by atoms with E-state index in [1.165, 1.54) is 11.8 Å². The minimum atomic E-state index is -1.24. The third kappa shape index (κ3) is 6.23. The Morgan fingerprint density at radius 3 is 2.71 bits per heavy atom. The highest BCUT2D eigenvalue weighted by molar-refractivity contribution is 6.01. The molecule has 34 heavy (non-hydrogen) atoms. The molecule has 11 nitrogen and oxygen atoms in total. The Kier molecular flexibility index (Phi) is 8.83. The minimum Gasteiger partial charge on any atom is -0.493 e. The molecule has 5 N–H and O–H groups in total. The third-order valence-electron chi connectivity index (χ3n) is 5.95. The van der Waals surface area contributed by atoms with Crippen LogP contribution in [0.4, 0.5) is 0 Å². The number of rotatable bonds is 3. The number of amides is 4. The van der Waals surface area contributed by atoms with Crippen molar-refractivity contribution in [1.82, 2.24) is 20.9 Å². The lowest BCUT2D eigenvalue weighted by Gasteiger charge is -2.29. The zero-order valence-electron chi connectivity index (χ0n) is 19.2. The molecule has 186 valence electrons. The summed E-state index contributed by atoms with van der Waals surface area (Å²) in [5, 5.41) is 27.4. The number of aliphatic hydroxyl groups excluding tert-OH is 2. The Balaban J connectivity index is 1.90. The van der Waals surface area contributed by atoms with Gasteiger partial charge in [-0.3, -0.25) is 19.2 Å². The van der Waals surface area contributed by atoms with Crippen LogP contribution in [0.1, 0.15) is 43.0 Å². The molecule has 2 heterocycles. The maximum absolute atomic E-state index is 13.3. The highest BCUT2D eigenvalue weighted by atomic mass is 16.5. The SMILES string of the molecule is C[C@@H](O)[C@@H]1NC(=O)C[C@@H](C(=O)N2CCC[C@@H]2CO)NC(=O)c2ccccc2OCCCNC1=O. The Morgan fingerprint density at radius 1 is 1.21 bits per heavy atom. The van der Waals surface area contributed by atoms with E-state index in [0.29, 0.717) is 31.6 Å². The van der Waals surface area contributed by atoms with Gasteiger partial charge in [0.25, 0.3) is 5.91 Å². The van der Waals surface area contributed by atoms with Gasteiger partial charge < -0.3 is 35.8 Å². The van der Waals surface area contributed by atoms with E-state index in [-0.39, 0.29) is 25.3 Å². The molecule has 0 spiro atoms. The molecule has 3 rings (SSSR count). The molecule has 0 bridgehead atoms. The highest BCUT2D eigenvalue weighted by Crippen LogP contribution is 2.21. The van der Waals surface area contributed by atoms with Crippen LogP contribution in [0.5, 0.6) is 5.75 Å². The number of hydrogen-bond acceptors (Lipinski definition) is 7. The summed E-state index contributed by atoms with van der Waals surface area (Å²) < 4.78 is 5.72. The van der Waals surface area contributed by atoms with Crippen molar-refractivity contribution in [1.29, 1.82) is 0 Å². The van der Waals surface area contributed by atoms with Crippen LogP contribution in [-0.4, -0.2) is 89.3 Å². The van der Waals surface area contributed by atoms with Crippen LogP contribution in [0.2, 0.25) is 0 Å². The van der Waals surface area contributed by atoms with Crippen molar-refractivity contribution in [3.05, 3.63) is 29.8 Å². The minimum absolute atomic E-state index is 0.210. The molecule has 4 amide bonds. The molecule has 11 heteroatoms. The van der Waals surface area contributed by atoms with Crippen LogP contribution in [0, 0.1) is 0 Å². The Morgan fingerprint density at radius 2 is 1.97 bits per heavy atom. The first-order chi connectivity index (χ1) is 16.3. The zero-order valence-corrected chi connectivity index (χ0v) is 19.2. The summed E-state index contributed by atoms with van der Waals surface area (Å²) in [4.78, 5) is 53.2. The molecule has 1 fully saturated rings. The molecule has 0 aliphatic carbocycles. The Labute approximate surface area is 197 Å². The highest BCUT2D eigenvalue weighted by Gasteiger charge is 2.36. The number of para-hydroxylation sites is 1. The number of hydrogen-bond donors (Lipinski definition) is 5. The predicted octanol–water partition coefficient (Wildman–Crippen LogP) is -1.08. The predicted molar refractivity (Wildman–Crippen MR) is 121 cm³/mol. The second kappa shape index (κ2) is 11.8. The fraction of sp³-hybridized carbons (Fsp3) is 0.565. The summed E-state index contributed by atoms with van der Waals surface area (Å²) in [7, 11) is 0. The van der Waals surface area contributed by atoms with Crippen LogP contribution >= 0.6 is 0 Å². The molecule has 2 aliphatic heterocycles. The average molecular weight is 477 g/mol. The molecule has 0 radical (unpaired) electrons. The van der Waals surface area contributed by atoms with Gasteiger partial charge in [0.05, 0.1) is 37.3 Å². The van der Waals surface area contributed by atoms with Gasteiger partial charge in [0.15, 0.2) is 0 Å². The lowest BCUT2D eigenvalue weighted by atomic mass is 10.1. The molecule has 2 aliphatic rings. The Hall–Kier alpha value is -3.18. The second-order valence-corrected chi connectivity index (χ2v) is 8.52. The van der Waals surface area contributed by atoms with Gasteiger partial charge in [-0.15, -0.1) is 0 Å². The second-order valence-electron chi connectivity index (χ2n) is 8.52. The molecule has 1 saturated heterocycles. The fourth-order valence-corrected chi connectivity index (χ4v) is 4.13. The summed E-state index contributed by atoms with van der Waals surface area (Å²) in [6, 6.07) is 3.70. The van der Waals surface area contributed by atoms with Crippen LogP contribution in [0.3, 0.4) is 0 Å². The summed E-state index contributed by atoms with van der Waals surface area (Å²) in [6.45, 7) is 2.00. The van der Waals surface area contributed by atoms with Crippen molar-refractivity contribution >= 4 is 23.6 Å². The van der Waals surface area contributed by atoms with Gasteiger partial charge in [-0.1, -0.05) is 12.1 Å². The maximum Gasteiger partial charge on any atom is 0.255 e. The van der Waals surface area contributed by atoms with Gasteiger partial charge in [-0.05, 0) is 38.3 Å². The number of carbonyl (C=O) groups excluding carboxylic acids is 4. The van der Waals surface area contributed by atoms with E-state index in [1.807, 2.05) is 0 Å². The first-order valence-electron chi connectivity index (χ1n) is 11.5. The molecule has 0 aromatic heterocycles. The standard InChI is InChI=1S/C23H32N4O7/c1-14(29)20-22(32)24-9-5-11-34-18-8-3-2-7-16(18)21(31)25-17(12-19(30)26-20)23(33)27-10-4-6-15(27)13-28/h2-3,7-8,14-15,17,20,28-29H,4-6,9-13H2,1H3,(H,24,32)(H,25,31)(H,26,30)/t14-,15-,17+,20+/m1/s1. The largest absolute Gasteiger partial charge is 0.493 e. The smallest absolute Gasteiger partial charge is 0.255 e. The van der Waals surface area contributed by atoms with Crippen molar-refractivity contribution in [3.8, 4) is 5.75 Å². The van der Waals surface area contributed by atoms with E-state index >= 15 is 0 Å². The van der Waals surface area contributed by atoms with E-state index in [9.17, 15) is 29.4 Å². The fourth-order valence-electron chi connectivity index (χ4n) is 4.13. The average Bonchev–Trinajstić information content (AvgIpc) is 3.29. The Bertz CT molecular complexity index is 907. The van der Waals surface area contributed by atoms with E-state index in [0.717, 1.165) is 0 Å². The van der Waals surface area contributed by atoms with Crippen molar-refractivity contribution in [2.45, 2.75) is 56.8 Å². The summed E-state index contributed by atoms with van der Waals surface area (Å²) >= 11 is 0. The number of nitrogens with one attached hydrogen (secondary N) is 3. The zero-order chi connectivity index (χ0) is 24.7. The first-order valence-corrected chi connectivity index (χ1v) is 11.5. The van der Waals surface area contributed by atoms with Gasteiger partial charge >= 0.3 is 0 Å². The maximum atomic E-state index is 13.3. The molecule has 1 aromatic rings. The van der Waals surface area contributed by atoms with Crippen LogP contribution in [0.25, 0.3) is 0 Å². The monoisotopic (exact) mass is 476 g/mol. The van der Waals surface area contributed by atoms with Gasteiger partial charge in [0, 0.05) is 13.1 Å². The van der Waals surface area contributed by atoms with Crippen molar-refractivity contribution in [3.63, 3.8) is 0 Å². The summed E-state index contributed by atoms with van der Waals surface area (Å²) in [5.41, 5.74) is 0.210. The van der Waals surface area contributed by atoms with E-state index in [2.05, 4.69) is 16.0 Å². The van der Waals surface area contributed by atoms with Gasteiger partial charge in [-0.25, -0.2) is 0 Å². The lowest BCUT2D eigenvalue weighted by Crippen LogP contribution is -2.56. The topological polar surface area (TPSA) is 157 Å². The number of carbonyl (C=O) groups is 4. The number of aliphatic hydroxyl groups is 2. The van der Waals surface area contributed by atoms with Crippen LogP contribution < -0.4 is 20.7 Å². The van der Waals surface area contributed by atoms with Crippen molar-refractivity contribution in [2.75, 3.05) is 26.3 Å². The molecule has 1 aromatic carbocycles. The number of ether oxygens (including phenoxy) is 1. The number of likely N-dealkylation sites (tertiary alicyclic amines) is 1. The van der Waals surface area contributed by atoms with Crippen molar-refractivity contribution < 1.29 is 34.1 Å². The molecule has 0 unspecified atom stereocenters. The van der Waals surface area contributed by atoms with Gasteiger partial charge in [0.1, 0.15) is 17.8 Å². The van der Waals surface area contributed by atoms with Crippen LogP contribution in [-0.2, 0) is 14.4 Å². The number of nitrogens with zero attached hydrogens (tertiary/aromatic N) is 1. The summed E-state index contributed by atoms with van der Waals surface area (Å²) in [5.74, 6) is -2.02. The van der Waals surface area contributed by atoms with Gasteiger partial charge in [0.2, 0.25) is 17.7 Å². The first kappa shape index (κ1) is 25.4. The number of benzene rings is 1. The van der Waals surface area contributed by atoms with E-state index < -0.39 is 54.3 Å². The quantitative estimate of drug-likeness (QED) is 0.371. The third-order valence-corrected chi connectivity index (χ3v) is 5.95. The van der Waals surface area contributed by atoms with Gasteiger partial charge in [-0.2, -0.15) is 0 Å². The molecular formula is C23H32N4O7. The van der Waals surface area contributed by atoms with Crippen LogP contribution in [0.15, 0.2) is 24.3 Å². The molecule has 4 atom stereocenters. The van der Waals surface area contributed by atoms with E-state index in [4.69, 9.17) is 4.74 Å². The lowest BCUT2D eigenvalue weighted by molar-refractivity contribution is -0.138. The normalized spacial score (nSPS) is 25.6. The molecular weight excluding hydrogens is 444 g/mol.